The minimum atomic E-state index is -2.94. The third kappa shape index (κ3) is 2.60. The first-order valence-corrected chi connectivity index (χ1v) is 5.74. The topological polar surface area (TPSA) is 171 Å². The molecule has 0 aromatic carbocycles. The molecule has 9 heteroatoms. The molecule has 2 aliphatic carbocycles. The van der Waals surface area contributed by atoms with Gasteiger partial charge in [-0.2, -0.15) is 0 Å². The van der Waals surface area contributed by atoms with Crippen LogP contribution in [0.15, 0.2) is 47.3 Å². The van der Waals surface area contributed by atoms with E-state index in [9.17, 15) is 40.9 Å². The number of rotatable bonds is 2. The van der Waals surface area contributed by atoms with Gasteiger partial charge in [0.1, 0.15) is 23.7 Å². The van der Waals surface area contributed by atoms with Crippen molar-refractivity contribution in [2.75, 3.05) is 0 Å². The van der Waals surface area contributed by atoms with Crippen molar-refractivity contribution in [1.29, 1.82) is 0 Å². The van der Waals surface area contributed by atoms with Crippen molar-refractivity contribution in [2.24, 2.45) is 0 Å². The van der Waals surface area contributed by atoms with Gasteiger partial charge in [-0.05, 0) is 12.2 Å². The van der Waals surface area contributed by atoms with Crippen molar-refractivity contribution in [3.8, 4) is 0 Å². The largest absolute Gasteiger partial charge is 0.508 e. The number of ether oxygens (including phenoxy) is 1. The Kier molecular flexibility index (Phi) is 3.48. The Balaban J connectivity index is 2.30. The molecule has 2 unspecified atom stereocenters. The first kappa shape index (κ1) is 15.4. The number of aliphatic hydroxyl groups excluding tert-OH is 4. The van der Waals surface area contributed by atoms with Gasteiger partial charge in [0.25, 0.3) is 11.6 Å². The maximum absolute atomic E-state index is 9.69. The van der Waals surface area contributed by atoms with Gasteiger partial charge in [-0.1, -0.05) is 0 Å². The third-order valence-electron chi connectivity index (χ3n) is 3.05. The lowest BCUT2D eigenvalue weighted by atomic mass is 9.98. The zero-order valence-electron chi connectivity index (χ0n) is 10.5. The van der Waals surface area contributed by atoms with Crippen LogP contribution in [0.2, 0.25) is 0 Å². The summed E-state index contributed by atoms with van der Waals surface area (Å²) < 4.78 is 4.97. The van der Waals surface area contributed by atoms with Crippen LogP contribution in [0.1, 0.15) is 0 Å². The van der Waals surface area contributed by atoms with E-state index in [4.69, 9.17) is 4.74 Å². The maximum atomic E-state index is 9.69. The van der Waals surface area contributed by atoms with Crippen LogP contribution in [0.25, 0.3) is 0 Å². The smallest absolute Gasteiger partial charge is 0.253 e. The van der Waals surface area contributed by atoms with Gasteiger partial charge in [0.15, 0.2) is 11.5 Å². The first-order valence-electron chi connectivity index (χ1n) is 5.74. The molecule has 0 spiro atoms. The number of hydrogen-bond acceptors (Lipinski definition) is 9. The fraction of sp³-hybridized carbons (Fsp3) is 0.333. The minimum Gasteiger partial charge on any atom is -0.508 e. The average Bonchev–Trinajstić information content (AvgIpc) is 2.33. The Labute approximate surface area is 117 Å². The zero-order valence-corrected chi connectivity index (χ0v) is 10.5. The van der Waals surface area contributed by atoms with Crippen molar-refractivity contribution >= 4 is 0 Å². The highest BCUT2D eigenvalue weighted by Crippen LogP contribution is 2.32. The summed E-state index contributed by atoms with van der Waals surface area (Å²) in [5, 5.41) is 76.1. The Morgan fingerprint density at radius 1 is 0.714 bits per heavy atom. The van der Waals surface area contributed by atoms with E-state index in [0.717, 1.165) is 12.2 Å². The van der Waals surface area contributed by atoms with Crippen molar-refractivity contribution < 1.29 is 45.6 Å². The fourth-order valence-electron chi connectivity index (χ4n) is 1.85. The second-order valence-corrected chi connectivity index (χ2v) is 4.67. The molecule has 2 atom stereocenters. The second-order valence-electron chi connectivity index (χ2n) is 4.67. The van der Waals surface area contributed by atoms with Gasteiger partial charge < -0.3 is 45.6 Å². The van der Waals surface area contributed by atoms with Crippen LogP contribution in [-0.4, -0.2) is 64.6 Å². The van der Waals surface area contributed by atoms with Gasteiger partial charge in [-0.15, -0.1) is 0 Å². The molecule has 2 rings (SSSR count). The minimum absolute atomic E-state index is 0.554. The quantitative estimate of drug-likeness (QED) is 0.295. The number of aliphatic hydroxyl groups is 8. The summed E-state index contributed by atoms with van der Waals surface area (Å²) in [5.74, 6) is -9.05. The van der Waals surface area contributed by atoms with Gasteiger partial charge >= 0.3 is 0 Å². The maximum Gasteiger partial charge on any atom is 0.253 e. The summed E-state index contributed by atoms with van der Waals surface area (Å²) in [4.78, 5) is 0. The molecule has 0 fully saturated rings. The van der Waals surface area contributed by atoms with Gasteiger partial charge in [0, 0.05) is 12.2 Å². The molecule has 0 aliphatic heterocycles. The normalized spacial score (nSPS) is 30.9. The van der Waals surface area contributed by atoms with Crippen LogP contribution >= 0.6 is 0 Å². The van der Waals surface area contributed by atoms with Gasteiger partial charge in [-0.3, -0.25) is 0 Å². The van der Waals surface area contributed by atoms with E-state index >= 15 is 0 Å². The molecular weight excluding hydrogens is 288 g/mol. The highest BCUT2D eigenvalue weighted by molar-refractivity contribution is 5.31. The highest BCUT2D eigenvalue weighted by atomic mass is 16.6. The molecule has 8 N–H and O–H groups in total. The summed E-state index contributed by atoms with van der Waals surface area (Å²) in [5.41, 5.74) is 0. The molecule has 0 amide bonds. The number of hydrogen-bond donors (Lipinski definition) is 8. The van der Waals surface area contributed by atoms with Gasteiger partial charge in [0.05, 0.1) is 0 Å². The molecule has 0 radical (unpaired) electrons. The predicted octanol–water partition coefficient (Wildman–Crippen LogP) is -1.10. The van der Waals surface area contributed by atoms with Crippen LogP contribution in [0.5, 0.6) is 0 Å². The molecule has 0 aromatic heterocycles. The third-order valence-corrected chi connectivity index (χ3v) is 3.05. The summed E-state index contributed by atoms with van der Waals surface area (Å²) in [6.45, 7) is 0. The summed E-state index contributed by atoms with van der Waals surface area (Å²) in [6, 6.07) is 0. The highest BCUT2D eigenvalue weighted by Gasteiger charge is 2.48. The van der Waals surface area contributed by atoms with Crippen molar-refractivity contribution in [3.63, 3.8) is 0 Å². The molecule has 0 aromatic rings. The molecule has 0 saturated carbocycles. The van der Waals surface area contributed by atoms with Crippen LogP contribution in [0.3, 0.4) is 0 Å². The lowest BCUT2D eigenvalue weighted by Crippen LogP contribution is -2.53. The average molecular weight is 302 g/mol. The standard InChI is InChI=1S/C12H14O9/c13-5-1-7(15)11(17,18)9(3-5)21-10-4-6(14)2-8(16)12(10,19)20/h1-4,9-10,13-20H. The summed E-state index contributed by atoms with van der Waals surface area (Å²) in [6.07, 6.45) is -0.707. The van der Waals surface area contributed by atoms with Crippen LogP contribution in [-0.2, 0) is 4.74 Å². The lowest BCUT2D eigenvalue weighted by molar-refractivity contribution is -0.270. The molecule has 9 nitrogen and oxygen atoms in total. The van der Waals surface area contributed by atoms with E-state index in [0.29, 0.717) is 12.2 Å². The Bertz CT molecular complexity index is 517. The van der Waals surface area contributed by atoms with Crippen molar-refractivity contribution in [3.05, 3.63) is 47.3 Å². The van der Waals surface area contributed by atoms with Gasteiger partial charge in [-0.25, -0.2) is 0 Å². The SMILES string of the molecule is OC1=CC(OC2C=C(O)C=C(O)C2(O)O)C(O)(O)C(O)=C1. The Morgan fingerprint density at radius 2 is 1.05 bits per heavy atom. The van der Waals surface area contributed by atoms with Crippen molar-refractivity contribution in [2.45, 2.75) is 23.8 Å². The van der Waals surface area contributed by atoms with E-state index in [1.54, 1.807) is 0 Å². The van der Waals surface area contributed by atoms with E-state index in [-0.39, 0.29) is 0 Å². The van der Waals surface area contributed by atoms with Crippen LogP contribution < -0.4 is 0 Å². The zero-order chi connectivity index (χ0) is 16.0. The Hall–Kier alpha value is -2.04. The number of allylic oxidation sites excluding steroid dienone is 2. The van der Waals surface area contributed by atoms with E-state index in [2.05, 4.69) is 0 Å². The first-order chi connectivity index (χ1) is 9.55. The predicted molar refractivity (Wildman–Crippen MR) is 65.8 cm³/mol. The Morgan fingerprint density at radius 3 is 1.38 bits per heavy atom. The van der Waals surface area contributed by atoms with Crippen molar-refractivity contribution in [1.82, 2.24) is 0 Å². The van der Waals surface area contributed by atoms with E-state index < -0.39 is 46.8 Å². The van der Waals surface area contributed by atoms with E-state index in [1.165, 1.54) is 0 Å². The summed E-state index contributed by atoms with van der Waals surface area (Å²) in [7, 11) is 0. The lowest BCUT2D eigenvalue weighted by Gasteiger charge is -2.37. The van der Waals surface area contributed by atoms with Crippen LogP contribution in [0.4, 0.5) is 0 Å². The monoisotopic (exact) mass is 302 g/mol. The molecule has 2 aliphatic rings. The second kappa shape index (κ2) is 4.76. The molecule has 0 bridgehead atoms. The van der Waals surface area contributed by atoms with Crippen LogP contribution in [0, 0.1) is 0 Å². The molecule has 116 valence electrons. The summed E-state index contributed by atoms with van der Waals surface area (Å²) >= 11 is 0. The van der Waals surface area contributed by atoms with Gasteiger partial charge in [0.2, 0.25) is 0 Å². The molecule has 0 heterocycles. The molecular formula is C12H14O9. The van der Waals surface area contributed by atoms with E-state index in [1.807, 2.05) is 0 Å². The molecule has 0 saturated heterocycles. The fourth-order valence-corrected chi connectivity index (χ4v) is 1.85. The molecule has 21 heavy (non-hydrogen) atoms.